The topological polar surface area (TPSA) is 91.7 Å². The molecule has 3 heterocycles. The summed E-state index contributed by atoms with van der Waals surface area (Å²) in [5, 5.41) is 12.2. The van der Waals surface area contributed by atoms with Gasteiger partial charge in [-0.25, -0.2) is 15.0 Å². The number of aromatic nitrogens is 5. The monoisotopic (exact) mass is 376 g/mol. The van der Waals surface area contributed by atoms with Crippen LogP contribution in [0.15, 0.2) is 36.9 Å². The van der Waals surface area contributed by atoms with Crippen LogP contribution in [-0.4, -0.2) is 42.8 Å². The number of benzene rings is 1. The third-order valence-corrected chi connectivity index (χ3v) is 5.67. The van der Waals surface area contributed by atoms with Gasteiger partial charge in [-0.1, -0.05) is 25.3 Å². The molecule has 0 radical (unpaired) electrons. The molecule has 0 atom stereocenters. The minimum absolute atomic E-state index is 0.0557. The zero-order chi connectivity index (χ0) is 18.9. The maximum Gasteiger partial charge on any atom is 0.180 e. The molecule has 0 amide bonds. The number of hydrogen-bond acceptors (Lipinski definition) is 5. The number of aliphatic hydroxyl groups is 1. The molecule has 0 spiro atoms. The minimum atomic E-state index is 0.0557. The van der Waals surface area contributed by atoms with Crippen molar-refractivity contribution in [3.05, 3.63) is 36.9 Å². The van der Waals surface area contributed by atoms with Gasteiger partial charge in [-0.15, -0.1) is 0 Å². The van der Waals surface area contributed by atoms with Gasteiger partial charge in [-0.2, -0.15) is 0 Å². The summed E-state index contributed by atoms with van der Waals surface area (Å²) in [5.74, 6) is 0.705. The summed E-state index contributed by atoms with van der Waals surface area (Å²) in [5.41, 5.74) is 5.87. The predicted octanol–water partition coefficient (Wildman–Crippen LogP) is 3.88. The number of fused-ring (bicyclic) bond motifs is 2. The van der Waals surface area contributed by atoms with Gasteiger partial charge in [0.2, 0.25) is 0 Å². The predicted molar refractivity (Wildman–Crippen MR) is 110 cm³/mol. The summed E-state index contributed by atoms with van der Waals surface area (Å²) in [6, 6.07) is 9.03. The molecular formula is C21H24N6O. The zero-order valence-electron chi connectivity index (χ0n) is 15.7. The van der Waals surface area contributed by atoms with Crippen LogP contribution in [-0.2, 0) is 0 Å². The van der Waals surface area contributed by atoms with Crippen molar-refractivity contribution in [2.45, 2.75) is 38.1 Å². The molecule has 144 valence electrons. The molecule has 7 heteroatoms. The van der Waals surface area contributed by atoms with Crippen molar-refractivity contribution < 1.29 is 5.11 Å². The van der Waals surface area contributed by atoms with E-state index in [-0.39, 0.29) is 6.61 Å². The second-order valence-electron chi connectivity index (χ2n) is 7.45. The summed E-state index contributed by atoms with van der Waals surface area (Å²) >= 11 is 0. The zero-order valence-corrected chi connectivity index (χ0v) is 15.7. The van der Waals surface area contributed by atoms with Crippen molar-refractivity contribution in [2.24, 2.45) is 0 Å². The Bertz CT molecular complexity index is 1110. The molecule has 28 heavy (non-hydrogen) atoms. The molecule has 0 bridgehead atoms. The lowest BCUT2D eigenvalue weighted by molar-refractivity contribution is 0.311. The molecule has 1 aliphatic carbocycles. The number of nitrogens with one attached hydrogen (secondary N) is 2. The Morgan fingerprint density at radius 3 is 2.89 bits per heavy atom. The average Bonchev–Trinajstić information content (AvgIpc) is 3.38. The van der Waals surface area contributed by atoms with E-state index >= 15 is 0 Å². The summed E-state index contributed by atoms with van der Waals surface area (Å²) in [4.78, 5) is 16.7. The highest BCUT2D eigenvalue weighted by Crippen LogP contribution is 2.34. The smallest absolute Gasteiger partial charge is 0.180 e. The summed E-state index contributed by atoms with van der Waals surface area (Å²) in [6.07, 6.45) is 10.1. The second-order valence-corrected chi connectivity index (χ2v) is 7.45. The van der Waals surface area contributed by atoms with E-state index in [4.69, 9.17) is 10.1 Å². The van der Waals surface area contributed by atoms with Gasteiger partial charge in [-0.05, 0) is 36.6 Å². The molecule has 0 unspecified atom stereocenters. The van der Waals surface area contributed by atoms with Crippen LogP contribution >= 0.6 is 0 Å². The van der Waals surface area contributed by atoms with Gasteiger partial charge in [0, 0.05) is 18.2 Å². The van der Waals surface area contributed by atoms with Gasteiger partial charge in [0.1, 0.15) is 5.82 Å². The lowest BCUT2D eigenvalue weighted by atomic mass is 9.95. The second kappa shape index (κ2) is 7.24. The van der Waals surface area contributed by atoms with Gasteiger partial charge in [-0.3, -0.25) is 0 Å². The number of hydrogen-bond donors (Lipinski definition) is 3. The van der Waals surface area contributed by atoms with E-state index in [1.54, 1.807) is 6.33 Å². The lowest BCUT2D eigenvalue weighted by Gasteiger charge is -2.23. The van der Waals surface area contributed by atoms with Gasteiger partial charge in [0.15, 0.2) is 5.65 Å². The van der Waals surface area contributed by atoms with Crippen LogP contribution in [0.25, 0.3) is 33.3 Å². The summed E-state index contributed by atoms with van der Waals surface area (Å²) in [7, 11) is 0. The number of H-pyrrole nitrogens is 1. The third-order valence-electron chi connectivity index (χ3n) is 5.67. The number of aromatic amines is 1. The van der Waals surface area contributed by atoms with E-state index < -0.39 is 0 Å². The van der Waals surface area contributed by atoms with Gasteiger partial charge < -0.3 is 20.0 Å². The standard InChI is InChI=1S/C21H24N6O/c28-9-8-22-19-11-16(20-21(26-19)24-12-23-20)14-6-7-18-17(10-14)25-13-27(18)15-4-2-1-3-5-15/h6-7,10-13,15,28H,1-5,8-9H2,(H2,22,23,24,26). The van der Waals surface area contributed by atoms with Crippen molar-refractivity contribution in [1.82, 2.24) is 24.5 Å². The van der Waals surface area contributed by atoms with Crippen LogP contribution in [0.1, 0.15) is 38.1 Å². The van der Waals surface area contributed by atoms with Gasteiger partial charge in [0.25, 0.3) is 0 Å². The number of pyridine rings is 1. The Morgan fingerprint density at radius 1 is 1.14 bits per heavy atom. The fourth-order valence-electron chi connectivity index (χ4n) is 4.28. The molecule has 4 aromatic rings. The molecular weight excluding hydrogens is 352 g/mol. The van der Waals surface area contributed by atoms with Crippen molar-refractivity contribution in [1.29, 1.82) is 0 Å². The first-order valence-corrected chi connectivity index (χ1v) is 9.99. The molecule has 1 aliphatic rings. The van der Waals surface area contributed by atoms with Crippen LogP contribution < -0.4 is 5.32 Å². The minimum Gasteiger partial charge on any atom is -0.395 e. The molecule has 3 N–H and O–H groups in total. The highest BCUT2D eigenvalue weighted by atomic mass is 16.3. The Labute approximate surface area is 162 Å². The van der Waals surface area contributed by atoms with Crippen LogP contribution in [0.5, 0.6) is 0 Å². The number of aliphatic hydroxyl groups excluding tert-OH is 1. The average molecular weight is 376 g/mol. The van der Waals surface area contributed by atoms with E-state index in [1.165, 1.54) is 37.6 Å². The SMILES string of the molecule is OCCNc1cc(-c2ccc3c(c2)ncn3C2CCCCC2)c2[nH]cnc2n1. The highest BCUT2D eigenvalue weighted by molar-refractivity contribution is 5.94. The fourth-order valence-corrected chi connectivity index (χ4v) is 4.28. The lowest BCUT2D eigenvalue weighted by Crippen LogP contribution is -2.11. The Kier molecular flexibility index (Phi) is 4.44. The quantitative estimate of drug-likeness (QED) is 0.492. The first kappa shape index (κ1) is 17.2. The van der Waals surface area contributed by atoms with Gasteiger partial charge >= 0.3 is 0 Å². The Balaban J connectivity index is 1.56. The van der Waals surface area contributed by atoms with Crippen LogP contribution in [0.4, 0.5) is 5.82 Å². The van der Waals surface area contributed by atoms with Crippen molar-refractivity contribution in [3.63, 3.8) is 0 Å². The first-order chi connectivity index (χ1) is 13.8. The van der Waals surface area contributed by atoms with Crippen molar-refractivity contribution in [3.8, 4) is 11.1 Å². The van der Waals surface area contributed by atoms with Crippen LogP contribution in [0.3, 0.4) is 0 Å². The summed E-state index contributed by atoms with van der Waals surface area (Å²) < 4.78 is 2.35. The van der Waals surface area contributed by atoms with E-state index in [0.29, 0.717) is 24.1 Å². The first-order valence-electron chi connectivity index (χ1n) is 9.99. The molecule has 0 saturated heterocycles. The number of imidazole rings is 2. The molecule has 1 saturated carbocycles. The largest absolute Gasteiger partial charge is 0.395 e. The van der Waals surface area contributed by atoms with Crippen molar-refractivity contribution in [2.75, 3.05) is 18.5 Å². The van der Waals surface area contributed by atoms with E-state index in [0.717, 1.165) is 22.2 Å². The Hall–Kier alpha value is -2.93. The molecule has 7 nitrogen and oxygen atoms in total. The van der Waals surface area contributed by atoms with Crippen LogP contribution in [0.2, 0.25) is 0 Å². The summed E-state index contributed by atoms with van der Waals surface area (Å²) in [6.45, 7) is 0.507. The molecule has 0 aliphatic heterocycles. The number of rotatable bonds is 5. The van der Waals surface area contributed by atoms with E-state index in [1.807, 2.05) is 12.4 Å². The van der Waals surface area contributed by atoms with E-state index in [2.05, 4.69) is 43.0 Å². The van der Waals surface area contributed by atoms with E-state index in [9.17, 15) is 0 Å². The number of nitrogens with zero attached hydrogens (tertiary/aromatic N) is 4. The molecule has 5 rings (SSSR count). The number of anilines is 1. The maximum atomic E-state index is 9.09. The molecule has 3 aromatic heterocycles. The van der Waals surface area contributed by atoms with Crippen LogP contribution in [0, 0.1) is 0 Å². The van der Waals surface area contributed by atoms with Crippen molar-refractivity contribution >= 4 is 28.0 Å². The molecule has 1 fully saturated rings. The third kappa shape index (κ3) is 3.01. The normalized spacial score (nSPS) is 15.5. The molecule has 1 aromatic carbocycles. The highest BCUT2D eigenvalue weighted by Gasteiger charge is 2.18. The Morgan fingerprint density at radius 2 is 2.04 bits per heavy atom. The maximum absolute atomic E-state index is 9.09. The fraction of sp³-hybridized carbons (Fsp3) is 0.381. The van der Waals surface area contributed by atoms with Gasteiger partial charge in [0.05, 0.1) is 35.8 Å².